The van der Waals surface area contributed by atoms with E-state index >= 15 is 0 Å². The van der Waals surface area contributed by atoms with Crippen molar-refractivity contribution in [1.29, 1.82) is 0 Å². The topological polar surface area (TPSA) is 59.1 Å². The van der Waals surface area contributed by atoms with Crippen molar-refractivity contribution in [2.24, 2.45) is 0 Å². The predicted octanol–water partition coefficient (Wildman–Crippen LogP) is -0.943. The fourth-order valence-electron chi connectivity index (χ4n) is 5.88. The molecule has 0 aromatic heterocycles. The number of carbonyl (C=O) groups excluding carboxylic acids is 2. The average molecular weight is 368 g/mol. The van der Waals surface area contributed by atoms with Gasteiger partial charge in [0.2, 0.25) is 12.3 Å². The molecule has 4 heterocycles. The van der Waals surface area contributed by atoms with E-state index in [2.05, 4.69) is 9.80 Å². The molecule has 4 fully saturated rings. The standard InChI is InChI=1S/C18H32N4O4/c1-3-25-15(23)13-21-9-5-19-8-12-22(14-16(24)26-4-2)10-6-20(7-11-21)18(22)17(19)21/h17-18H,3-14H2,1-2H3/q+2. The van der Waals surface area contributed by atoms with Crippen molar-refractivity contribution >= 4 is 11.9 Å². The van der Waals surface area contributed by atoms with Crippen molar-refractivity contribution in [3.05, 3.63) is 0 Å². The summed E-state index contributed by atoms with van der Waals surface area (Å²) in [5.74, 6) is -0.176. The van der Waals surface area contributed by atoms with E-state index in [1.54, 1.807) is 0 Å². The fraction of sp³-hybridized carbons (Fsp3) is 0.889. The van der Waals surface area contributed by atoms with E-state index in [1.165, 1.54) is 0 Å². The van der Waals surface area contributed by atoms with Crippen molar-refractivity contribution in [3.63, 3.8) is 0 Å². The van der Waals surface area contributed by atoms with E-state index in [-0.39, 0.29) is 11.9 Å². The zero-order valence-corrected chi connectivity index (χ0v) is 16.1. The minimum atomic E-state index is -0.0881. The summed E-state index contributed by atoms with van der Waals surface area (Å²) < 4.78 is 12.2. The van der Waals surface area contributed by atoms with Crippen LogP contribution in [-0.4, -0.2) is 122 Å². The second kappa shape index (κ2) is 6.74. The Morgan fingerprint density at radius 3 is 1.42 bits per heavy atom. The van der Waals surface area contributed by atoms with Gasteiger partial charge in [0.05, 0.1) is 65.6 Å². The molecule has 4 aliphatic rings. The van der Waals surface area contributed by atoms with Gasteiger partial charge in [0.1, 0.15) is 0 Å². The number of rotatable bonds is 6. The summed E-state index contributed by atoms with van der Waals surface area (Å²) in [7, 11) is 0. The van der Waals surface area contributed by atoms with E-state index < -0.39 is 0 Å². The molecule has 0 amide bonds. The molecule has 0 bridgehead atoms. The van der Waals surface area contributed by atoms with Crippen molar-refractivity contribution in [3.8, 4) is 0 Å². The number of quaternary nitrogens is 2. The van der Waals surface area contributed by atoms with Crippen LogP contribution in [0.4, 0.5) is 0 Å². The van der Waals surface area contributed by atoms with Crippen LogP contribution < -0.4 is 0 Å². The molecule has 0 aromatic carbocycles. The quantitative estimate of drug-likeness (QED) is 0.445. The minimum absolute atomic E-state index is 0.0881. The second-order valence-corrected chi connectivity index (χ2v) is 8.16. The second-order valence-electron chi connectivity index (χ2n) is 8.16. The summed E-state index contributed by atoms with van der Waals surface area (Å²) in [6.07, 6.45) is 0.581. The number of ether oxygens (including phenoxy) is 2. The summed E-state index contributed by atoms with van der Waals surface area (Å²) >= 11 is 0. The van der Waals surface area contributed by atoms with Crippen LogP contribution in [-0.2, 0) is 19.1 Å². The SMILES string of the molecule is CCOC(=O)C[N+]12CCN3CC[N+]4(CC(=O)OCC)CCN(CC1)C4C32. The van der Waals surface area contributed by atoms with E-state index in [0.29, 0.717) is 38.6 Å². The Bertz CT molecular complexity index is 538. The van der Waals surface area contributed by atoms with Gasteiger partial charge in [-0.15, -0.1) is 0 Å². The summed E-state index contributed by atoms with van der Waals surface area (Å²) in [5, 5.41) is 0. The first-order chi connectivity index (χ1) is 12.5. The van der Waals surface area contributed by atoms with E-state index in [0.717, 1.165) is 61.3 Å². The Labute approximate surface area is 155 Å². The summed E-state index contributed by atoms with van der Waals surface area (Å²) in [6, 6.07) is 0. The highest BCUT2D eigenvalue weighted by atomic mass is 16.5. The van der Waals surface area contributed by atoms with Crippen LogP contribution in [0.3, 0.4) is 0 Å². The maximum atomic E-state index is 12.3. The monoisotopic (exact) mass is 368 g/mol. The van der Waals surface area contributed by atoms with Gasteiger partial charge in [-0.3, -0.25) is 8.97 Å². The summed E-state index contributed by atoms with van der Waals surface area (Å²) in [6.45, 7) is 13.6. The third kappa shape index (κ3) is 2.74. The molecule has 8 nitrogen and oxygen atoms in total. The number of nitrogens with zero attached hydrogens (tertiary/aromatic N) is 4. The highest BCUT2D eigenvalue weighted by Crippen LogP contribution is 2.42. The summed E-state index contributed by atoms with van der Waals surface area (Å²) in [5.41, 5.74) is 0. The Balaban J connectivity index is 1.62. The lowest BCUT2D eigenvalue weighted by Crippen LogP contribution is -2.79. The fourth-order valence-corrected chi connectivity index (χ4v) is 5.88. The maximum Gasteiger partial charge on any atom is 0.361 e. The number of piperazine rings is 2. The van der Waals surface area contributed by atoms with Crippen molar-refractivity contribution < 1.29 is 28.0 Å². The van der Waals surface area contributed by atoms with Crippen LogP contribution in [0.5, 0.6) is 0 Å². The molecule has 146 valence electrons. The lowest BCUT2D eigenvalue weighted by atomic mass is 10.1. The molecule has 26 heavy (non-hydrogen) atoms. The zero-order valence-electron chi connectivity index (χ0n) is 16.1. The molecule has 4 rings (SSSR count). The van der Waals surface area contributed by atoms with Gasteiger partial charge in [-0.05, 0) is 13.8 Å². The Morgan fingerprint density at radius 1 is 0.769 bits per heavy atom. The van der Waals surface area contributed by atoms with Gasteiger partial charge in [0.25, 0.3) is 0 Å². The molecule has 0 saturated carbocycles. The Kier molecular flexibility index (Phi) is 4.71. The van der Waals surface area contributed by atoms with Gasteiger partial charge in [-0.25, -0.2) is 19.4 Å². The number of esters is 2. The highest BCUT2D eigenvalue weighted by molar-refractivity contribution is 5.71. The smallest absolute Gasteiger partial charge is 0.361 e. The average Bonchev–Trinajstić information content (AvgIpc) is 3.13. The first-order valence-electron chi connectivity index (χ1n) is 10.0. The number of carbonyl (C=O) groups is 2. The normalized spacial score (nSPS) is 38.8. The first kappa shape index (κ1) is 18.2. The van der Waals surface area contributed by atoms with Crippen molar-refractivity contribution in [1.82, 2.24) is 9.80 Å². The van der Waals surface area contributed by atoms with E-state index in [4.69, 9.17) is 9.47 Å². The van der Waals surface area contributed by atoms with Gasteiger partial charge in [-0.1, -0.05) is 0 Å². The Hall–Kier alpha value is -1.22. The third-order valence-corrected chi connectivity index (χ3v) is 6.97. The largest absolute Gasteiger partial charge is 0.462 e. The highest BCUT2D eigenvalue weighted by Gasteiger charge is 2.68. The zero-order chi connectivity index (χ0) is 18.4. The predicted molar refractivity (Wildman–Crippen MR) is 93.7 cm³/mol. The van der Waals surface area contributed by atoms with Gasteiger partial charge in [0.15, 0.2) is 13.1 Å². The van der Waals surface area contributed by atoms with Crippen molar-refractivity contribution in [2.75, 3.05) is 78.7 Å². The Morgan fingerprint density at radius 2 is 1.12 bits per heavy atom. The maximum absolute atomic E-state index is 12.3. The molecule has 0 aliphatic carbocycles. The molecule has 8 heteroatoms. The molecule has 4 aliphatic heterocycles. The molecule has 0 aromatic rings. The van der Waals surface area contributed by atoms with E-state index in [9.17, 15) is 9.59 Å². The molecular weight excluding hydrogens is 336 g/mol. The molecule has 0 N–H and O–H groups in total. The molecule has 4 saturated heterocycles. The van der Waals surface area contributed by atoms with Gasteiger partial charge in [-0.2, -0.15) is 0 Å². The molecular formula is C18H32N4O4+2. The lowest BCUT2D eigenvalue weighted by molar-refractivity contribution is -1.02. The summed E-state index contributed by atoms with van der Waals surface area (Å²) in [4.78, 5) is 29.8. The van der Waals surface area contributed by atoms with Crippen LogP contribution in [0.1, 0.15) is 13.8 Å². The van der Waals surface area contributed by atoms with Crippen LogP contribution in [0.25, 0.3) is 0 Å². The van der Waals surface area contributed by atoms with Crippen LogP contribution >= 0.6 is 0 Å². The molecule has 2 atom stereocenters. The molecule has 2 unspecified atom stereocenters. The first-order valence-corrected chi connectivity index (χ1v) is 10.0. The number of hydrogen-bond donors (Lipinski definition) is 0. The lowest BCUT2D eigenvalue weighted by Gasteiger charge is -2.55. The number of hydrogen-bond acceptors (Lipinski definition) is 6. The van der Waals surface area contributed by atoms with Gasteiger partial charge < -0.3 is 9.47 Å². The van der Waals surface area contributed by atoms with Crippen LogP contribution in [0, 0.1) is 0 Å². The van der Waals surface area contributed by atoms with Gasteiger partial charge >= 0.3 is 11.9 Å². The molecule has 0 spiro atoms. The molecule has 0 radical (unpaired) electrons. The minimum Gasteiger partial charge on any atom is -0.462 e. The third-order valence-electron chi connectivity index (χ3n) is 6.97. The van der Waals surface area contributed by atoms with Gasteiger partial charge in [0, 0.05) is 0 Å². The van der Waals surface area contributed by atoms with Crippen LogP contribution in [0.2, 0.25) is 0 Å². The van der Waals surface area contributed by atoms with E-state index in [1.807, 2.05) is 13.8 Å². The van der Waals surface area contributed by atoms with Crippen molar-refractivity contribution in [2.45, 2.75) is 26.2 Å². The van der Waals surface area contributed by atoms with Crippen LogP contribution in [0.15, 0.2) is 0 Å².